The first kappa shape index (κ1) is 11.6. The van der Waals surface area contributed by atoms with Gasteiger partial charge in [0.05, 0.1) is 6.04 Å². The zero-order chi connectivity index (χ0) is 11.4. The molecule has 0 radical (unpaired) electrons. The van der Waals surface area contributed by atoms with E-state index in [0.717, 1.165) is 18.2 Å². The van der Waals surface area contributed by atoms with Gasteiger partial charge in [0.25, 0.3) is 0 Å². The molecule has 0 spiro atoms. The van der Waals surface area contributed by atoms with Crippen molar-refractivity contribution in [3.05, 3.63) is 35.4 Å². The average Bonchev–Trinajstić information content (AvgIpc) is 2.18. The molecule has 1 aromatic carbocycles. The van der Waals surface area contributed by atoms with Gasteiger partial charge < -0.3 is 11.1 Å². The summed E-state index contributed by atoms with van der Waals surface area (Å²) in [5.41, 5.74) is 5.39. The molecule has 5 heteroatoms. The lowest BCUT2D eigenvalue weighted by atomic mass is 10.2. The molecule has 3 nitrogen and oxygen atoms in total. The van der Waals surface area contributed by atoms with E-state index in [1.165, 1.54) is 6.92 Å². The predicted octanol–water partition coefficient (Wildman–Crippen LogP) is 0.928. The Morgan fingerprint density at radius 2 is 2.20 bits per heavy atom. The quantitative estimate of drug-likeness (QED) is 0.786. The van der Waals surface area contributed by atoms with Gasteiger partial charge in [-0.15, -0.1) is 0 Å². The Balaban J connectivity index is 2.65. The van der Waals surface area contributed by atoms with Crippen molar-refractivity contribution in [2.75, 3.05) is 0 Å². The third-order valence-electron chi connectivity index (χ3n) is 1.87. The third-order valence-corrected chi connectivity index (χ3v) is 1.87. The highest BCUT2D eigenvalue weighted by atomic mass is 19.1. The fourth-order valence-corrected chi connectivity index (χ4v) is 1.02. The predicted molar refractivity (Wildman–Crippen MR) is 51.9 cm³/mol. The number of halogens is 2. The lowest BCUT2D eigenvalue weighted by Crippen LogP contribution is -2.37. The molecular weight excluding hydrogens is 202 g/mol. The summed E-state index contributed by atoms with van der Waals surface area (Å²) in [6.07, 6.45) is 0. The van der Waals surface area contributed by atoms with E-state index in [4.69, 9.17) is 5.73 Å². The number of benzene rings is 1. The zero-order valence-corrected chi connectivity index (χ0v) is 8.26. The van der Waals surface area contributed by atoms with Gasteiger partial charge in [0, 0.05) is 12.1 Å². The summed E-state index contributed by atoms with van der Waals surface area (Å²) in [5, 5.41) is 2.40. The highest BCUT2D eigenvalue weighted by Gasteiger charge is 2.08. The standard InChI is InChI=1S/C10H12F2N2O/c1-6(13)10(15)14-5-7-4-8(11)2-3-9(7)12/h2-4,6H,5,13H2,1H3,(H,14,15)/t6-/m0/s1. The number of rotatable bonds is 3. The zero-order valence-electron chi connectivity index (χ0n) is 8.26. The fourth-order valence-electron chi connectivity index (χ4n) is 1.02. The molecule has 0 aliphatic rings. The van der Waals surface area contributed by atoms with Crippen LogP contribution in [-0.4, -0.2) is 11.9 Å². The SMILES string of the molecule is C[C@H](N)C(=O)NCc1cc(F)ccc1F. The van der Waals surface area contributed by atoms with Crippen molar-refractivity contribution in [1.29, 1.82) is 0 Å². The van der Waals surface area contributed by atoms with Crippen molar-refractivity contribution in [3.8, 4) is 0 Å². The average molecular weight is 214 g/mol. The van der Waals surface area contributed by atoms with Gasteiger partial charge in [-0.2, -0.15) is 0 Å². The molecule has 0 bridgehead atoms. The van der Waals surface area contributed by atoms with E-state index < -0.39 is 23.6 Å². The molecular formula is C10H12F2N2O. The van der Waals surface area contributed by atoms with Crippen molar-refractivity contribution >= 4 is 5.91 Å². The van der Waals surface area contributed by atoms with Gasteiger partial charge in [0.2, 0.25) is 5.91 Å². The van der Waals surface area contributed by atoms with E-state index in [1.54, 1.807) is 0 Å². The van der Waals surface area contributed by atoms with Gasteiger partial charge in [-0.05, 0) is 25.1 Å². The van der Waals surface area contributed by atoms with Gasteiger partial charge in [0.1, 0.15) is 11.6 Å². The lowest BCUT2D eigenvalue weighted by molar-refractivity contribution is -0.122. The third kappa shape index (κ3) is 3.28. The number of nitrogens with one attached hydrogen (secondary N) is 1. The lowest BCUT2D eigenvalue weighted by Gasteiger charge is -2.08. The van der Waals surface area contributed by atoms with Crippen LogP contribution in [-0.2, 0) is 11.3 Å². The number of hydrogen-bond donors (Lipinski definition) is 2. The molecule has 0 fully saturated rings. The van der Waals surface area contributed by atoms with E-state index in [2.05, 4.69) is 5.32 Å². The molecule has 15 heavy (non-hydrogen) atoms. The Labute approximate surface area is 86.3 Å². The summed E-state index contributed by atoms with van der Waals surface area (Å²) in [5.74, 6) is -1.50. The highest BCUT2D eigenvalue weighted by molar-refractivity contribution is 5.80. The molecule has 0 unspecified atom stereocenters. The number of carbonyl (C=O) groups excluding carboxylic acids is 1. The van der Waals surface area contributed by atoms with E-state index in [9.17, 15) is 13.6 Å². The molecule has 0 aromatic heterocycles. The van der Waals surface area contributed by atoms with Crippen LogP contribution in [0.15, 0.2) is 18.2 Å². The molecule has 1 amide bonds. The molecule has 0 aliphatic heterocycles. The molecule has 0 heterocycles. The van der Waals surface area contributed by atoms with Crippen LogP contribution >= 0.6 is 0 Å². The second-order valence-corrected chi connectivity index (χ2v) is 3.24. The minimum atomic E-state index is -0.665. The van der Waals surface area contributed by atoms with Gasteiger partial charge in [0.15, 0.2) is 0 Å². The van der Waals surface area contributed by atoms with Crippen LogP contribution in [0.2, 0.25) is 0 Å². The van der Waals surface area contributed by atoms with Crippen LogP contribution < -0.4 is 11.1 Å². The first-order valence-electron chi connectivity index (χ1n) is 4.48. The maximum Gasteiger partial charge on any atom is 0.236 e. The highest BCUT2D eigenvalue weighted by Crippen LogP contribution is 2.08. The normalized spacial score (nSPS) is 12.3. The summed E-state index contributed by atoms with van der Waals surface area (Å²) in [6, 6.07) is 2.41. The van der Waals surface area contributed by atoms with Crippen LogP contribution in [0.5, 0.6) is 0 Å². The van der Waals surface area contributed by atoms with Crippen molar-refractivity contribution in [3.63, 3.8) is 0 Å². The van der Waals surface area contributed by atoms with Gasteiger partial charge in [-0.1, -0.05) is 0 Å². The summed E-state index contributed by atoms with van der Waals surface area (Å²) < 4.78 is 25.8. The Kier molecular flexibility index (Phi) is 3.74. The molecule has 82 valence electrons. The van der Waals surface area contributed by atoms with Crippen LogP contribution in [0.1, 0.15) is 12.5 Å². The summed E-state index contributed by atoms with van der Waals surface area (Å²) in [7, 11) is 0. The van der Waals surface area contributed by atoms with Gasteiger partial charge >= 0.3 is 0 Å². The second-order valence-electron chi connectivity index (χ2n) is 3.24. The first-order chi connectivity index (χ1) is 7.00. The van der Waals surface area contributed by atoms with E-state index >= 15 is 0 Å². The van der Waals surface area contributed by atoms with E-state index in [0.29, 0.717) is 0 Å². The van der Waals surface area contributed by atoms with Crippen molar-refractivity contribution < 1.29 is 13.6 Å². The molecule has 1 aromatic rings. The minimum absolute atomic E-state index is 0.0655. The maximum atomic E-state index is 13.1. The van der Waals surface area contributed by atoms with Gasteiger partial charge in [-0.3, -0.25) is 4.79 Å². The van der Waals surface area contributed by atoms with Gasteiger partial charge in [-0.25, -0.2) is 8.78 Å². The largest absolute Gasteiger partial charge is 0.351 e. The Morgan fingerprint density at radius 1 is 1.53 bits per heavy atom. The molecule has 0 aliphatic carbocycles. The number of amides is 1. The fraction of sp³-hybridized carbons (Fsp3) is 0.300. The monoisotopic (exact) mass is 214 g/mol. The number of carbonyl (C=O) groups is 1. The van der Waals surface area contributed by atoms with Crippen LogP contribution in [0.3, 0.4) is 0 Å². The van der Waals surface area contributed by atoms with Crippen molar-refractivity contribution in [2.24, 2.45) is 5.73 Å². The molecule has 1 atom stereocenters. The van der Waals surface area contributed by atoms with Crippen LogP contribution in [0, 0.1) is 11.6 Å². The molecule has 0 saturated carbocycles. The summed E-state index contributed by atoms with van der Waals surface area (Å²) >= 11 is 0. The Hall–Kier alpha value is -1.49. The minimum Gasteiger partial charge on any atom is -0.351 e. The summed E-state index contributed by atoms with van der Waals surface area (Å²) in [4.78, 5) is 11.1. The van der Waals surface area contributed by atoms with Crippen molar-refractivity contribution in [2.45, 2.75) is 19.5 Å². The van der Waals surface area contributed by atoms with Crippen LogP contribution in [0.25, 0.3) is 0 Å². The Morgan fingerprint density at radius 3 is 2.80 bits per heavy atom. The second kappa shape index (κ2) is 4.84. The number of hydrogen-bond acceptors (Lipinski definition) is 2. The smallest absolute Gasteiger partial charge is 0.236 e. The molecule has 1 rings (SSSR count). The molecule has 3 N–H and O–H groups in total. The maximum absolute atomic E-state index is 13.1. The van der Waals surface area contributed by atoms with Crippen molar-refractivity contribution in [1.82, 2.24) is 5.32 Å². The Bertz CT molecular complexity index is 366. The summed E-state index contributed by atoms with van der Waals surface area (Å²) in [6.45, 7) is 1.45. The number of nitrogens with two attached hydrogens (primary N) is 1. The van der Waals surface area contributed by atoms with E-state index in [1.807, 2.05) is 0 Å². The topological polar surface area (TPSA) is 55.1 Å². The first-order valence-corrected chi connectivity index (χ1v) is 4.48. The molecule has 0 saturated heterocycles. The van der Waals surface area contributed by atoms with Crippen LogP contribution in [0.4, 0.5) is 8.78 Å². The van der Waals surface area contributed by atoms with E-state index in [-0.39, 0.29) is 12.1 Å².